The van der Waals surface area contributed by atoms with Gasteiger partial charge in [-0.2, -0.15) is 0 Å². The highest BCUT2D eigenvalue weighted by molar-refractivity contribution is 7.61. The van der Waals surface area contributed by atoms with Gasteiger partial charge in [0.1, 0.15) is 0 Å². The molecule has 2 nitrogen and oxygen atoms in total. The number of rotatable bonds is 6. The van der Waals surface area contributed by atoms with Gasteiger partial charge in [-0.15, -0.1) is 0 Å². The van der Waals surface area contributed by atoms with E-state index < -0.39 is 7.55 Å². The second-order valence-corrected chi connectivity index (χ2v) is 8.96. The van der Waals surface area contributed by atoms with E-state index in [0.29, 0.717) is 5.66 Å². The average Bonchev–Trinajstić information content (AvgIpc) is 2.64. The van der Waals surface area contributed by atoms with Crippen LogP contribution in [-0.4, -0.2) is 12.8 Å². The van der Waals surface area contributed by atoms with Crippen molar-refractivity contribution >= 4 is 24.7 Å². The average molecular weight is 362 g/mol. The second kappa shape index (κ2) is 8.29. The molecular formula is C23H27N2P. The van der Waals surface area contributed by atoms with Gasteiger partial charge in [0.2, 0.25) is 0 Å². The molecule has 0 radical (unpaired) electrons. The summed E-state index contributed by atoms with van der Waals surface area (Å²) in [4.78, 5) is 0. The molecule has 0 bridgehead atoms. The molecule has 1 aliphatic rings. The minimum absolute atomic E-state index is 0.350. The fraction of sp³-hybridized carbons (Fsp3) is 0.174. The zero-order chi connectivity index (χ0) is 18.5. The van der Waals surface area contributed by atoms with Crippen molar-refractivity contribution < 1.29 is 0 Å². The summed E-state index contributed by atoms with van der Waals surface area (Å²) >= 11 is 0. The number of hydrogen-bond donors (Lipinski definition) is 2. The Morgan fingerprint density at radius 3 is 2.65 bits per heavy atom. The molecule has 0 fully saturated rings. The molecular weight excluding hydrogens is 335 g/mol. The molecule has 134 valence electrons. The third-order valence-corrected chi connectivity index (χ3v) is 7.51. The van der Waals surface area contributed by atoms with Crippen molar-refractivity contribution in [3.8, 4) is 0 Å². The Morgan fingerprint density at radius 2 is 1.96 bits per heavy atom. The maximum absolute atomic E-state index is 5.94. The number of anilines is 2. The maximum atomic E-state index is 5.94. The molecule has 1 heterocycles. The lowest BCUT2D eigenvalue weighted by atomic mass is 9.98. The number of hydrogen-bond acceptors (Lipinski definition) is 2. The number of nitrogens with two attached hydrogens (primary N) is 1. The molecule has 26 heavy (non-hydrogen) atoms. The van der Waals surface area contributed by atoms with Gasteiger partial charge in [0, 0.05) is 24.1 Å². The Morgan fingerprint density at radius 1 is 1.19 bits per heavy atom. The Labute approximate surface area is 157 Å². The van der Waals surface area contributed by atoms with Crippen molar-refractivity contribution in [2.45, 2.75) is 19.0 Å². The lowest BCUT2D eigenvalue weighted by Gasteiger charge is -2.25. The maximum Gasteiger partial charge on any atom is 0.0394 e. The molecule has 0 amide bonds. The van der Waals surface area contributed by atoms with E-state index in [0.717, 1.165) is 17.8 Å². The summed E-state index contributed by atoms with van der Waals surface area (Å²) in [6.07, 6.45) is 5.22. The quantitative estimate of drug-likeness (QED) is 0.396. The molecule has 0 saturated heterocycles. The van der Waals surface area contributed by atoms with Crippen LogP contribution < -0.4 is 11.1 Å². The third-order valence-electron chi connectivity index (χ3n) is 4.74. The molecule has 0 aliphatic carbocycles. The van der Waals surface area contributed by atoms with Crippen molar-refractivity contribution in [2.24, 2.45) is 0 Å². The van der Waals surface area contributed by atoms with Gasteiger partial charge >= 0.3 is 0 Å². The van der Waals surface area contributed by atoms with Crippen molar-refractivity contribution in [3.05, 3.63) is 95.4 Å². The van der Waals surface area contributed by atoms with E-state index in [4.69, 9.17) is 5.73 Å². The Balaban J connectivity index is 1.96. The predicted octanol–water partition coefficient (Wildman–Crippen LogP) is 5.64. The Hall–Kier alpha value is -2.44. The molecule has 3 heteroatoms. The van der Waals surface area contributed by atoms with Crippen LogP contribution in [0.2, 0.25) is 0 Å². The van der Waals surface area contributed by atoms with Crippen LogP contribution in [0.5, 0.6) is 0 Å². The molecule has 3 rings (SSSR count). The molecule has 1 aliphatic heterocycles. The number of nitrogens with one attached hydrogen (secondary N) is 1. The first-order valence-electron chi connectivity index (χ1n) is 8.94. The predicted molar refractivity (Wildman–Crippen MR) is 120 cm³/mol. The standard InChI is InChI=1S/C23H27N2P/c1-17-8-7-13-26(16-17)23(19-9-5-4-6-10-19)18(2)14-20-11-12-21(24)15-22(20)25-3/h4-13,15-16,23,25-26H,2,14,24H2,1,3H3. The first-order chi connectivity index (χ1) is 12.6. The first kappa shape index (κ1) is 18.4. The van der Waals surface area contributed by atoms with Gasteiger partial charge < -0.3 is 11.1 Å². The number of benzene rings is 2. The van der Waals surface area contributed by atoms with Gasteiger partial charge in [0.25, 0.3) is 0 Å². The van der Waals surface area contributed by atoms with E-state index in [1.807, 2.05) is 19.2 Å². The fourth-order valence-electron chi connectivity index (χ4n) is 3.49. The molecule has 2 aromatic carbocycles. The molecule has 2 unspecified atom stereocenters. The highest BCUT2D eigenvalue weighted by Gasteiger charge is 2.19. The van der Waals surface area contributed by atoms with E-state index in [1.54, 1.807) is 0 Å². The SMILES string of the molecule is C=C(Cc1ccc(N)cc1NC)C(c1ccccc1)[PH]1=CC=CC(C)=C1. The molecule has 2 aromatic rings. The largest absolute Gasteiger partial charge is 0.399 e. The summed E-state index contributed by atoms with van der Waals surface area (Å²) in [6, 6.07) is 16.8. The van der Waals surface area contributed by atoms with Crippen molar-refractivity contribution in [2.75, 3.05) is 18.1 Å². The summed E-state index contributed by atoms with van der Waals surface area (Å²) in [7, 11) is 1.09. The molecule has 0 spiro atoms. The lowest BCUT2D eigenvalue weighted by molar-refractivity contribution is 1.02. The molecule has 2 atom stereocenters. The summed E-state index contributed by atoms with van der Waals surface area (Å²) < 4.78 is 0. The van der Waals surface area contributed by atoms with E-state index in [1.165, 1.54) is 22.3 Å². The minimum Gasteiger partial charge on any atom is -0.399 e. The third kappa shape index (κ3) is 4.20. The van der Waals surface area contributed by atoms with Gasteiger partial charge in [-0.3, -0.25) is 0 Å². The van der Waals surface area contributed by atoms with Crippen LogP contribution >= 0.6 is 7.55 Å². The van der Waals surface area contributed by atoms with Gasteiger partial charge in [-0.05, 0) is 36.6 Å². The minimum atomic E-state index is -0.851. The van der Waals surface area contributed by atoms with Crippen LogP contribution in [0.1, 0.15) is 23.7 Å². The summed E-state index contributed by atoms with van der Waals surface area (Å²) in [5.74, 6) is 4.82. The van der Waals surface area contributed by atoms with Crippen LogP contribution in [0.4, 0.5) is 11.4 Å². The van der Waals surface area contributed by atoms with Gasteiger partial charge in [-0.25, -0.2) is 0 Å². The molecule has 0 saturated carbocycles. The highest BCUT2D eigenvalue weighted by atomic mass is 31.1. The lowest BCUT2D eigenvalue weighted by Crippen LogP contribution is -2.04. The monoisotopic (exact) mass is 362 g/mol. The number of nitrogen functional groups attached to an aromatic ring is 1. The molecule has 3 N–H and O–H groups in total. The smallest absolute Gasteiger partial charge is 0.0394 e. The van der Waals surface area contributed by atoms with Crippen LogP contribution in [0.3, 0.4) is 0 Å². The first-order valence-corrected chi connectivity index (χ1v) is 10.7. The normalized spacial score (nSPS) is 17.2. The van der Waals surface area contributed by atoms with Crippen LogP contribution in [0.25, 0.3) is 0 Å². The highest BCUT2D eigenvalue weighted by Crippen LogP contribution is 2.50. The van der Waals surface area contributed by atoms with E-state index >= 15 is 0 Å². The Kier molecular flexibility index (Phi) is 5.85. The Bertz CT molecular complexity index is 892. The molecule has 0 aromatic heterocycles. The fourth-order valence-corrected chi connectivity index (χ4v) is 6.03. The van der Waals surface area contributed by atoms with E-state index in [-0.39, 0.29) is 0 Å². The number of allylic oxidation sites excluding steroid dienone is 4. The summed E-state index contributed by atoms with van der Waals surface area (Å²) in [5.41, 5.74) is 13.3. The summed E-state index contributed by atoms with van der Waals surface area (Å²) in [5, 5.41) is 3.26. The van der Waals surface area contributed by atoms with Crippen LogP contribution in [0, 0.1) is 0 Å². The van der Waals surface area contributed by atoms with Crippen molar-refractivity contribution in [1.29, 1.82) is 0 Å². The van der Waals surface area contributed by atoms with Gasteiger partial charge in [0.05, 0.1) is 0 Å². The van der Waals surface area contributed by atoms with Crippen molar-refractivity contribution in [1.82, 2.24) is 0 Å². The summed E-state index contributed by atoms with van der Waals surface area (Å²) in [6.45, 7) is 6.70. The topological polar surface area (TPSA) is 38.0 Å². The van der Waals surface area contributed by atoms with Crippen LogP contribution in [-0.2, 0) is 6.42 Å². The second-order valence-electron chi connectivity index (χ2n) is 6.76. The van der Waals surface area contributed by atoms with Crippen LogP contribution in [0.15, 0.2) is 84.2 Å². The van der Waals surface area contributed by atoms with E-state index in [2.05, 4.69) is 79.0 Å². The zero-order valence-electron chi connectivity index (χ0n) is 15.5. The zero-order valence-corrected chi connectivity index (χ0v) is 16.5. The van der Waals surface area contributed by atoms with Gasteiger partial charge in [-0.1, -0.05) is 85.4 Å². The van der Waals surface area contributed by atoms with Gasteiger partial charge in [0.15, 0.2) is 0 Å². The van der Waals surface area contributed by atoms with E-state index in [9.17, 15) is 0 Å². The van der Waals surface area contributed by atoms with Crippen molar-refractivity contribution in [3.63, 3.8) is 0 Å².